The number of carbonyl (C=O) groups is 1. The lowest BCUT2D eigenvalue weighted by Gasteiger charge is -2.31. The standard InChI is InChI=1S/C19H24N2O4S/c1-14-5-6-16(12-15(14)2)20-19(22)21-9-7-18(8-10-21)26(23,24)13-17-4-3-11-25-17/h3-6,11-12,18H,7-10,13H2,1-2H3,(H,20,22). The van der Waals surface area contributed by atoms with E-state index in [0.717, 1.165) is 11.3 Å². The van der Waals surface area contributed by atoms with Crippen molar-refractivity contribution in [3.63, 3.8) is 0 Å². The monoisotopic (exact) mass is 376 g/mol. The number of amides is 2. The van der Waals surface area contributed by atoms with E-state index >= 15 is 0 Å². The number of benzene rings is 1. The zero-order chi connectivity index (χ0) is 18.7. The second kappa shape index (κ2) is 7.53. The Morgan fingerprint density at radius 1 is 1.19 bits per heavy atom. The van der Waals surface area contributed by atoms with E-state index in [0.29, 0.717) is 31.7 Å². The average molecular weight is 376 g/mol. The number of nitrogens with one attached hydrogen (secondary N) is 1. The highest BCUT2D eigenvalue weighted by Crippen LogP contribution is 2.23. The number of likely N-dealkylation sites (tertiary alicyclic amines) is 1. The molecule has 0 atom stereocenters. The highest BCUT2D eigenvalue weighted by atomic mass is 32.2. The second-order valence-corrected chi connectivity index (χ2v) is 9.08. The summed E-state index contributed by atoms with van der Waals surface area (Å²) in [6, 6.07) is 8.96. The summed E-state index contributed by atoms with van der Waals surface area (Å²) in [6.07, 6.45) is 2.37. The van der Waals surface area contributed by atoms with Crippen molar-refractivity contribution >= 4 is 21.6 Å². The van der Waals surface area contributed by atoms with Crippen LogP contribution in [-0.2, 0) is 15.6 Å². The first kappa shape index (κ1) is 18.5. The van der Waals surface area contributed by atoms with Crippen molar-refractivity contribution in [1.29, 1.82) is 0 Å². The van der Waals surface area contributed by atoms with Crippen LogP contribution >= 0.6 is 0 Å². The van der Waals surface area contributed by atoms with Gasteiger partial charge in [0, 0.05) is 18.8 Å². The Balaban J connectivity index is 1.55. The quantitative estimate of drug-likeness (QED) is 0.886. The highest BCUT2D eigenvalue weighted by Gasteiger charge is 2.32. The van der Waals surface area contributed by atoms with Gasteiger partial charge in [-0.05, 0) is 62.1 Å². The van der Waals surface area contributed by atoms with Crippen molar-refractivity contribution in [2.24, 2.45) is 0 Å². The molecule has 2 amide bonds. The summed E-state index contributed by atoms with van der Waals surface area (Å²) in [7, 11) is -3.28. The summed E-state index contributed by atoms with van der Waals surface area (Å²) < 4.78 is 30.2. The number of carbonyl (C=O) groups excluding carboxylic acids is 1. The smallest absolute Gasteiger partial charge is 0.321 e. The van der Waals surface area contributed by atoms with Crippen molar-refractivity contribution in [2.45, 2.75) is 37.7 Å². The predicted molar refractivity (Wildman–Crippen MR) is 101 cm³/mol. The first-order valence-electron chi connectivity index (χ1n) is 8.72. The number of urea groups is 1. The number of sulfone groups is 1. The topological polar surface area (TPSA) is 79.6 Å². The van der Waals surface area contributed by atoms with Gasteiger partial charge in [0.05, 0.1) is 11.5 Å². The third kappa shape index (κ3) is 4.27. The summed E-state index contributed by atoms with van der Waals surface area (Å²) in [5.74, 6) is 0.374. The molecule has 6 nitrogen and oxygen atoms in total. The van der Waals surface area contributed by atoms with Crippen LogP contribution in [0.3, 0.4) is 0 Å². The summed E-state index contributed by atoms with van der Waals surface area (Å²) in [5.41, 5.74) is 3.04. The Morgan fingerprint density at radius 2 is 1.92 bits per heavy atom. The van der Waals surface area contributed by atoms with Gasteiger partial charge in [-0.2, -0.15) is 0 Å². The zero-order valence-corrected chi connectivity index (χ0v) is 15.9. The predicted octanol–water partition coefficient (Wildman–Crippen LogP) is 3.51. The molecule has 1 saturated heterocycles. The number of rotatable bonds is 4. The van der Waals surface area contributed by atoms with Gasteiger partial charge in [-0.15, -0.1) is 0 Å². The second-order valence-electron chi connectivity index (χ2n) is 6.80. The lowest BCUT2D eigenvalue weighted by atomic mass is 10.1. The number of hydrogen-bond donors (Lipinski definition) is 1. The van der Waals surface area contributed by atoms with Gasteiger partial charge >= 0.3 is 6.03 Å². The number of furan rings is 1. The number of anilines is 1. The Kier molecular flexibility index (Phi) is 5.36. The van der Waals surface area contributed by atoms with Crippen LogP contribution in [-0.4, -0.2) is 37.7 Å². The van der Waals surface area contributed by atoms with E-state index in [1.807, 2.05) is 32.0 Å². The molecule has 2 heterocycles. The summed E-state index contributed by atoms with van der Waals surface area (Å²) in [4.78, 5) is 14.1. The van der Waals surface area contributed by atoms with Crippen molar-refractivity contribution in [2.75, 3.05) is 18.4 Å². The molecule has 2 aromatic rings. The van der Waals surface area contributed by atoms with E-state index in [2.05, 4.69) is 5.32 Å². The molecule has 3 rings (SSSR count). The molecule has 0 unspecified atom stereocenters. The molecule has 0 spiro atoms. The van der Waals surface area contributed by atoms with E-state index in [1.165, 1.54) is 11.8 Å². The molecule has 140 valence electrons. The Morgan fingerprint density at radius 3 is 2.54 bits per heavy atom. The SMILES string of the molecule is Cc1ccc(NC(=O)N2CCC(S(=O)(=O)Cc3ccco3)CC2)cc1C. The number of aryl methyl sites for hydroxylation is 2. The molecule has 1 aliphatic rings. The summed E-state index contributed by atoms with van der Waals surface area (Å²) in [6.45, 7) is 4.88. The third-order valence-electron chi connectivity index (χ3n) is 4.92. The maximum absolute atomic E-state index is 12.5. The minimum absolute atomic E-state index is 0.0838. The van der Waals surface area contributed by atoms with E-state index in [4.69, 9.17) is 4.42 Å². The van der Waals surface area contributed by atoms with Crippen molar-refractivity contribution in [3.05, 3.63) is 53.5 Å². The van der Waals surface area contributed by atoms with Gasteiger partial charge in [-0.1, -0.05) is 6.07 Å². The van der Waals surface area contributed by atoms with Gasteiger partial charge in [-0.3, -0.25) is 0 Å². The third-order valence-corrected chi connectivity index (χ3v) is 7.09. The Bertz CT molecular complexity index is 867. The number of hydrogen-bond acceptors (Lipinski definition) is 4. The molecule has 0 bridgehead atoms. The molecular formula is C19H24N2O4S. The van der Waals surface area contributed by atoms with Crippen molar-refractivity contribution < 1.29 is 17.6 Å². The highest BCUT2D eigenvalue weighted by molar-refractivity contribution is 7.91. The first-order valence-corrected chi connectivity index (χ1v) is 10.4. The molecule has 7 heteroatoms. The van der Waals surface area contributed by atoms with Crippen LogP contribution < -0.4 is 5.32 Å². The van der Waals surface area contributed by atoms with Crippen LogP contribution in [0.25, 0.3) is 0 Å². The average Bonchev–Trinajstić information content (AvgIpc) is 3.10. The van der Waals surface area contributed by atoms with Gasteiger partial charge < -0.3 is 14.6 Å². The largest absolute Gasteiger partial charge is 0.468 e. The molecular weight excluding hydrogens is 352 g/mol. The first-order chi connectivity index (χ1) is 12.3. The fraction of sp³-hybridized carbons (Fsp3) is 0.421. The van der Waals surface area contributed by atoms with Crippen molar-refractivity contribution in [1.82, 2.24) is 4.90 Å². The van der Waals surface area contributed by atoms with E-state index < -0.39 is 15.1 Å². The van der Waals surface area contributed by atoms with E-state index in [-0.39, 0.29) is 11.8 Å². The summed E-state index contributed by atoms with van der Waals surface area (Å²) >= 11 is 0. The lowest BCUT2D eigenvalue weighted by molar-refractivity contribution is 0.200. The number of piperidine rings is 1. The van der Waals surface area contributed by atoms with E-state index in [1.54, 1.807) is 17.0 Å². The molecule has 26 heavy (non-hydrogen) atoms. The van der Waals surface area contributed by atoms with Crippen LogP contribution in [0.4, 0.5) is 10.5 Å². The van der Waals surface area contributed by atoms with Crippen LogP contribution in [0.5, 0.6) is 0 Å². The molecule has 1 aromatic carbocycles. The van der Waals surface area contributed by atoms with Gasteiger partial charge in [-0.25, -0.2) is 13.2 Å². The summed E-state index contributed by atoms with van der Waals surface area (Å²) in [5, 5.41) is 2.46. The molecule has 1 aliphatic heterocycles. The van der Waals surface area contributed by atoms with Crippen molar-refractivity contribution in [3.8, 4) is 0 Å². The minimum Gasteiger partial charge on any atom is -0.468 e. The van der Waals surface area contributed by atoms with Crippen LogP contribution in [0, 0.1) is 13.8 Å². The Hall–Kier alpha value is -2.28. The lowest BCUT2D eigenvalue weighted by Crippen LogP contribution is -2.44. The van der Waals surface area contributed by atoms with Gasteiger partial charge in [0.25, 0.3) is 0 Å². The molecule has 1 N–H and O–H groups in total. The van der Waals surface area contributed by atoms with Gasteiger partial charge in [0.2, 0.25) is 0 Å². The maximum Gasteiger partial charge on any atom is 0.321 e. The molecule has 0 radical (unpaired) electrons. The fourth-order valence-corrected chi connectivity index (χ4v) is 4.88. The Labute approximate surface area is 154 Å². The van der Waals surface area contributed by atoms with Crippen LogP contribution in [0.1, 0.15) is 29.7 Å². The zero-order valence-electron chi connectivity index (χ0n) is 15.1. The van der Waals surface area contributed by atoms with E-state index in [9.17, 15) is 13.2 Å². The van der Waals surface area contributed by atoms with Gasteiger partial charge in [0.1, 0.15) is 11.5 Å². The molecule has 0 aliphatic carbocycles. The van der Waals surface area contributed by atoms with Crippen LogP contribution in [0.15, 0.2) is 41.0 Å². The molecule has 0 saturated carbocycles. The minimum atomic E-state index is -3.28. The maximum atomic E-state index is 12.5. The molecule has 1 aromatic heterocycles. The van der Waals surface area contributed by atoms with Gasteiger partial charge in [0.15, 0.2) is 9.84 Å². The fourth-order valence-electron chi connectivity index (χ4n) is 3.15. The molecule has 1 fully saturated rings. The normalized spacial score (nSPS) is 15.8. The van der Waals surface area contributed by atoms with Crippen LogP contribution in [0.2, 0.25) is 0 Å². The number of nitrogens with zero attached hydrogens (tertiary/aromatic N) is 1.